The molecule has 0 unspecified atom stereocenters. The number of benzene rings is 1. The van der Waals surface area contributed by atoms with Crippen molar-refractivity contribution < 1.29 is 17.6 Å². The van der Waals surface area contributed by atoms with Crippen LogP contribution in [0.5, 0.6) is 0 Å². The first kappa shape index (κ1) is 14.7. The van der Waals surface area contributed by atoms with Gasteiger partial charge in [0, 0.05) is 0 Å². The molecule has 0 atom stereocenters. The molecule has 0 radical (unpaired) electrons. The fourth-order valence-electron chi connectivity index (χ4n) is 1.08. The third-order valence-electron chi connectivity index (χ3n) is 1.93. The summed E-state index contributed by atoms with van der Waals surface area (Å²) >= 11 is 0. The van der Waals surface area contributed by atoms with Gasteiger partial charge in [0.1, 0.15) is 5.82 Å². The quantitative estimate of drug-likeness (QED) is 0.611. The van der Waals surface area contributed by atoms with Crippen LogP contribution in [0.25, 0.3) is 6.08 Å². The van der Waals surface area contributed by atoms with E-state index >= 15 is 0 Å². The van der Waals surface area contributed by atoms with E-state index in [2.05, 4.69) is 6.58 Å². The summed E-state index contributed by atoms with van der Waals surface area (Å²) in [4.78, 5) is 0. The van der Waals surface area contributed by atoms with Crippen molar-refractivity contribution in [2.75, 3.05) is 0 Å². The van der Waals surface area contributed by atoms with Gasteiger partial charge in [-0.2, -0.15) is 13.2 Å². The van der Waals surface area contributed by atoms with Gasteiger partial charge < -0.3 is 0 Å². The van der Waals surface area contributed by atoms with Gasteiger partial charge in [-0.05, 0) is 30.2 Å². The molecule has 0 aromatic heterocycles. The number of alkyl halides is 3. The Morgan fingerprint density at radius 2 is 1.69 bits per heavy atom. The van der Waals surface area contributed by atoms with Crippen LogP contribution < -0.4 is 0 Å². The van der Waals surface area contributed by atoms with Crippen molar-refractivity contribution >= 4 is 6.08 Å². The summed E-state index contributed by atoms with van der Waals surface area (Å²) in [6.45, 7) is 8.73. The van der Waals surface area contributed by atoms with E-state index < -0.39 is 17.6 Å². The first-order chi connectivity index (χ1) is 7.36. The molecule has 0 aliphatic rings. The fraction of sp³-hybridized carbons (Fsp3) is 0.333. The van der Waals surface area contributed by atoms with E-state index in [4.69, 9.17) is 0 Å². The molecule has 0 spiro atoms. The molecule has 0 nitrogen and oxygen atoms in total. The molecule has 0 aliphatic heterocycles. The Hall–Kier alpha value is -1.32. The Morgan fingerprint density at radius 3 is 2.06 bits per heavy atom. The summed E-state index contributed by atoms with van der Waals surface area (Å²) in [7, 11) is 0. The average Bonchev–Trinajstić information content (AvgIpc) is 2.23. The molecule has 0 fully saturated rings. The first-order valence-corrected chi connectivity index (χ1v) is 4.86. The minimum absolute atomic E-state index is 0.164. The standard InChI is InChI=1S/C10H8F4.C2H6/c1-3-7-4-8(10(12,13)14)5-9(11)6(7)2;1-2/h3-5H,1H2,2H3;1-2H3. The predicted molar refractivity (Wildman–Crippen MR) is 57.6 cm³/mol. The lowest BCUT2D eigenvalue weighted by molar-refractivity contribution is -0.137. The Labute approximate surface area is 92.6 Å². The van der Waals surface area contributed by atoms with Crippen LogP contribution in [-0.2, 0) is 6.18 Å². The van der Waals surface area contributed by atoms with E-state index in [0.29, 0.717) is 6.07 Å². The first-order valence-electron chi connectivity index (χ1n) is 4.86. The monoisotopic (exact) mass is 234 g/mol. The highest BCUT2D eigenvalue weighted by Crippen LogP contribution is 2.31. The van der Waals surface area contributed by atoms with Gasteiger partial charge >= 0.3 is 6.18 Å². The molecule has 0 bridgehead atoms. The van der Waals surface area contributed by atoms with Gasteiger partial charge in [-0.3, -0.25) is 0 Å². The van der Waals surface area contributed by atoms with E-state index in [9.17, 15) is 17.6 Å². The molecule has 16 heavy (non-hydrogen) atoms. The molecule has 1 rings (SSSR count). The topological polar surface area (TPSA) is 0 Å². The number of halogens is 4. The molecule has 1 aromatic carbocycles. The number of rotatable bonds is 1. The van der Waals surface area contributed by atoms with Crippen LogP contribution in [0, 0.1) is 12.7 Å². The smallest absolute Gasteiger partial charge is 0.207 e. The number of hydrogen-bond acceptors (Lipinski definition) is 0. The minimum Gasteiger partial charge on any atom is -0.207 e. The Balaban J connectivity index is 0.00000106. The third kappa shape index (κ3) is 3.36. The maximum Gasteiger partial charge on any atom is 0.416 e. The largest absolute Gasteiger partial charge is 0.416 e. The van der Waals surface area contributed by atoms with Crippen molar-refractivity contribution in [2.24, 2.45) is 0 Å². The highest BCUT2D eigenvalue weighted by Gasteiger charge is 2.31. The van der Waals surface area contributed by atoms with Gasteiger partial charge in [0.2, 0.25) is 0 Å². The Kier molecular flexibility index (Phi) is 5.21. The second-order valence-electron chi connectivity index (χ2n) is 2.87. The molecule has 90 valence electrons. The van der Waals surface area contributed by atoms with E-state index in [1.54, 1.807) is 0 Å². The molecule has 1 aromatic rings. The van der Waals surface area contributed by atoms with Crippen LogP contribution in [0.1, 0.15) is 30.5 Å². The van der Waals surface area contributed by atoms with Crippen LogP contribution in [0.2, 0.25) is 0 Å². The molecule has 0 saturated carbocycles. The molecular formula is C12H14F4. The zero-order valence-corrected chi connectivity index (χ0v) is 9.45. The van der Waals surface area contributed by atoms with E-state index in [1.807, 2.05) is 13.8 Å². The lowest BCUT2D eigenvalue weighted by Gasteiger charge is -2.10. The van der Waals surface area contributed by atoms with Crippen LogP contribution in [0.3, 0.4) is 0 Å². The van der Waals surface area contributed by atoms with Crippen molar-refractivity contribution in [3.8, 4) is 0 Å². The average molecular weight is 234 g/mol. The van der Waals surface area contributed by atoms with E-state index in [0.717, 1.165) is 6.07 Å². The molecule has 0 aliphatic carbocycles. The molecule has 0 heterocycles. The van der Waals surface area contributed by atoms with Crippen molar-refractivity contribution in [1.82, 2.24) is 0 Å². The van der Waals surface area contributed by atoms with Crippen molar-refractivity contribution in [2.45, 2.75) is 26.9 Å². The van der Waals surface area contributed by atoms with Gasteiger partial charge in [-0.1, -0.05) is 26.5 Å². The molecule has 4 heteroatoms. The maximum atomic E-state index is 13.0. The highest BCUT2D eigenvalue weighted by molar-refractivity contribution is 5.53. The van der Waals surface area contributed by atoms with Gasteiger partial charge in [-0.15, -0.1) is 0 Å². The molecule has 0 saturated heterocycles. The summed E-state index contributed by atoms with van der Waals surface area (Å²) in [5.74, 6) is -0.866. The summed E-state index contributed by atoms with van der Waals surface area (Å²) in [6, 6.07) is 1.37. The molecule has 0 amide bonds. The lowest BCUT2D eigenvalue weighted by atomic mass is 10.0. The van der Waals surface area contributed by atoms with Crippen LogP contribution in [0.15, 0.2) is 18.7 Å². The normalized spacial score (nSPS) is 10.4. The highest BCUT2D eigenvalue weighted by atomic mass is 19.4. The van der Waals surface area contributed by atoms with Gasteiger partial charge in [0.15, 0.2) is 0 Å². The zero-order valence-electron chi connectivity index (χ0n) is 9.45. The fourth-order valence-corrected chi connectivity index (χ4v) is 1.08. The minimum atomic E-state index is -4.52. The Morgan fingerprint density at radius 1 is 1.19 bits per heavy atom. The Bertz CT molecular complexity index is 364. The zero-order chi connectivity index (χ0) is 12.9. The maximum absolute atomic E-state index is 13.0. The van der Waals surface area contributed by atoms with Gasteiger partial charge in [-0.25, -0.2) is 4.39 Å². The van der Waals surface area contributed by atoms with E-state index in [1.165, 1.54) is 13.0 Å². The van der Waals surface area contributed by atoms with Crippen LogP contribution in [0.4, 0.5) is 17.6 Å². The summed E-state index contributed by atoms with van der Waals surface area (Å²) < 4.78 is 49.7. The summed E-state index contributed by atoms with van der Waals surface area (Å²) in [6.07, 6.45) is -3.32. The van der Waals surface area contributed by atoms with Crippen LogP contribution in [-0.4, -0.2) is 0 Å². The van der Waals surface area contributed by atoms with Gasteiger partial charge in [0.25, 0.3) is 0 Å². The van der Waals surface area contributed by atoms with Crippen molar-refractivity contribution in [1.29, 1.82) is 0 Å². The second kappa shape index (κ2) is 5.68. The van der Waals surface area contributed by atoms with Crippen LogP contribution >= 0.6 is 0 Å². The van der Waals surface area contributed by atoms with Crippen molar-refractivity contribution in [3.05, 3.63) is 41.2 Å². The van der Waals surface area contributed by atoms with Gasteiger partial charge in [0.05, 0.1) is 5.56 Å². The van der Waals surface area contributed by atoms with E-state index in [-0.39, 0.29) is 11.1 Å². The second-order valence-corrected chi connectivity index (χ2v) is 2.87. The molecule has 0 N–H and O–H groups in total. The SMILES string of the molecule is C=Cc1cc(C(F)(F)F)cc(F)c1C.CC. The third-order valence-corrected chi connectivity index (χ3v) is 1.93. The summed E-state index contributed by atoms with van der Waals surface area (Å²) in [5.41, 5.74) is -0.652. The number of hydrogen-bond donors (Lipinski definition) is 0. The lowest BCUT2D eigenvalue weighted by Crippen LogP contribution is -2.06. The predicted octanol–water partition coefficient (Wildman–Crippen LogP) is 4.82. The summed E-state index contributed by atoms with van der Waals surface area (Å²) in [5, 5.41) is 0. The molecular weight excluding hydrogens is 220 g/mol. The van der Waals surface area contributed by atoms with Crippen molar-refractivity contribution in [3.63, 3.8) is 0 Å².